The van der Waals surface area contributed by atoms with Crippen molar-refractivity contribution in [1.29, 1.82) is 10.5 Å². The summed E-state index contributed by atoms with van der Waals surface area (Å²) in [6, 6.07) is 15.3. The third kappa shape index (κ3) is 5.50. The number of aliphatic imine (C=N–C) groups is 1. The molecule has 2 aromatic carbocycles. The van der Waals surface area contributed by atoms with Gasteiger partial charge in [0, 0.05) is 12.0 Å². The number of nitriles is 2. The summed E-state index contributed by atoms with van der Waals surface area (Å²) in [5, 5.41) is 23.9. The number of pyridine rings is 1. The molecule has 0 spiro atoms. The number of nitrogens with zero attached hydrogens (tertiary/aromatic N) is 4. The van der Waals surface area contributed by atoms with E-state index in [0.717, 1.165) is 0 Å². The van der Waals surface area contributed by atoms with Crippen LogP contribution in [0.5, 0.6) is 11.5 Å². The van der Waals surface area contributed by atoms with Crippen molar-refractivity contribution in [3.05, 3.63) is 70.8 Å². The molecule has 0 saturated carbocycles. The second-order valence-electron chi connectivity index (χ2n) is 8.04. The molecule has 1 aromatic heterocycles. The molecule has 4 rings (SSSR count). The SMILES string of the molecule is COC(=O)c1ccc(OCCCOc2cccc(C3N=C(NC#N)Nc4nc(N)c(C#N)c(N)c43)c2)cc1. The zero-order valence-electron chi connectivity index (χ0n) is 20.4. The summed E-state index contributed by atoms with van der Waals surface area (Å²) in [6.07, 6.45) is 2.43. The minimum absolute atomic E-state index is 0.0214. The van der Waals surface area contributed by atoms with Crippen LogP contribution in [0.1, 0.15) is 39.5 Å². The fraction of sp³-hybridized carbons (Fsp3) is 0.192. The van der Waals surface area contributed by atoms with E-state index in [9.17, 15) is 10.1 Å². The highest BCUT2D eigenvalue weighted by Gasteiger charge is 2.29. The van der Waals surface area contributed by atoms with Crippen LogP contribution in [0.4, 0.5) is 17.3 Å². The van der Waals surface area contributed by atoms with Crippen molar-refractivity contribution in [1.82, 2.24) is 10.3 Å². The molecule has 1 aliphatic heterocycles. The standard InChI is InChI=1S/C26H24N8O4/c1-36-25(35)15-6-8-17(9-7-15)37-10-3-11-38-18-5-2-4-16(12-18)22-20-21(29)19(13-27)23(30)33-24(20)34-26(32-22)31-14-28/h2,4-9,12,22H,3,10-11H2,1H3,(H6,29,30,31,32,33,34). The van der Waals surface area contributed by atoms with E-state index in [0.29, 0.717) is 53.6 Å². The van der Waals surface area contributed by atoms with Crippen molar-refractivity contribution in [2.24, 2.45) is 4.99 Å². The smallest absolute Gasteiger partial charge is 0.337 e. The first-order valence-electron chi connectivity index (χ1n) is 11.5. The van der Waals surface area contributed by atoms with Crippen molar-refractivity contribution in [2.45, 2.75) is 12.5 Å². The number of nitrogens with one attached hydrogen (secondary N) is 2. The first-order chi connectivity index (χ1) is 18.4. The summed E-state index contributed by atoms with van der Waals surface area (Å²) in [5.74, 6) is 1.28. The van der Waals surface area contributed by atoms with Crippen LogP contribution in [0.2, 0.25) is 0 Å². The number of methoxy groups -OCH3 is 1. The predicted octanol–water partition coefficient (Wildman–Crippen LogP) is 2.69. The Balaban J connectivity index is 1.44. The molecule has 0 amide bonds. The number of carbonyl (C=O) groups is 1. The quantitative estimate of drug-likeness (QED) is 0.150. The number of hydrogen-bond acceptors (Lipinski definition) is 12. The second kappa shape index (κ2) is 11.5. The molecule has 12 heteroatoms. The third-order valence-electron chi connectivity index (χ3n) is 5.63. The summed E-state index contributed by atoms with van der Waals surface area (Å²) >= 11 is 0. The van der Waals surface area contributed by atoms with Gasteiger partial charge in [-0.1, -0.05) is 12.1 Å². The number of benzene rings is 2. The molecule has 0 aliphatic carbocycles. The Kier molecular flexibility index (Phi) is 7.74. The molecule has 1 aliphatic rings. The van der Waals surface area contributed by atoms with Crippen molar-refractivity contribution >= 4 is 29.3 Å². The van der Waals surface area contributed by atoms with Crippen molar-refractivity contribution in [2.75, 3.05) is 37.1 Å². The molecule has 1 unspecified atom stereocenters. The highest BCUT2D eigenvalue weighted by molar-refractivity contribution is 5.98. The van der Waals surface area contributed by atoms with Crippen molar-refractivity contribution < 1.29 is 19.0 Å². The number of nitrogen functional groups attached to an aromatic ring is 2. The van der Waals surface area contributed by atoms with Gasteiger partial charge in [-0.2, -0.15) is 10.5 Å². The number of guanidine groups is 1. The largest absolute Gasteiger partial charge is 0.493 e. The Bertz CT molecular complexity index is 1460. The first kappa shape index (κ1) is 25.6. The summed E-state index contributed by atoms with van der Waals surface area (Å²) in [6.45, 7) is 0.794. The number of hydrogen-bond donors (Lipinski definition) is 4. The van der Waals surface area contributed by atoms with Crippen LogP contribution < -0.4 is 31.6 Å². The van der Waals surface area contributed by atoms with Crippen LogP contribution in [0.15, 0.2) is 53.5 Å². The van der Waals surface area contributed by atoms with E-state index in [1.165, 1.54) is 7.11 Å². The van der Waals surface area contributed by atoms with Gasteiger partial charge in [0.2, 0.25) is 5.96 Å². The molecule has 192 valence electrons. The maximum atomic E-state index is 11.5. The van der Waals surface area contributed by atoms with E-state index in [-0.39, 0.29) is 23.0 Å². The maximum absolute atomic E-state index is 11.5. The topological polar surface area (TPSA) is 194 Å². The monoisotopic (exact) mass is 512 g/mol. The summed E-state index contributed by atoms with van der Waals surface area (Å²) < 4.78 is 16.3. The fourth-order valence-corrected chi connectivity index (χ4v) is 3.84. The lowest BCUT2D eigenvalue weighted by molar-refractivity contribution is 0.0600. The minimum atomic E-state index is -0.665. The summed E-state index contributed by atoms with van der Waals surface area (Å²) in [4.78, 5) is 20.3. The lowest BCUT2D eigenvalue weighted by Crippen LogP contribution is -2.32. The highest BCUT2D eigenvalue weighted by atomic mass is 16.5. The van der Waals surface area contributed by atoms with Gasteiger partial charge >= 0.3 is 5.97 Å². The van der Waals surface area contributed by atoms with Crippen LogP contribution in [0, 0.1) is 22.8 Å². The fourth-order valence-electron chi connectivity index (χ4n) is 3.84. The van der Waals surface area contributed by atoms with Gasteiger partial charge in [-0.05, 0) is 42.0 Å². The van der Waals surface area contributed by atoms with Crippen molar-refractivity contribution in [3.8, 4) is 23.8 Å². The zero-order valence-corrected chi connectivity index (χ0v) is 20.4. The van der Waals surface area contributed by atoms with Gasteiger partial charge in [0.1, 0.15) is 40.8 Å². The minimum Gasteiger partial charge on any atom is -0.493 e. The van der Waals surface area contributed by atoms with Crippen LogP contribution in [0.3, 0.4) is 0 Å². The van der Waals surface area contributed by atoms with Crippen LogP contribution in [0.25, 0.3) is 0 Å². The number of fused-ring (bicyclic) bond motifs is 1. The molecule has 2 heterocycles. The Morgan fingerprint density at radius 3 is 2.53 bits per heavy atom. The molecule has 3 aromatic rings. The normalized spacial score (nSPS) is 13.6. The predicted molar refractivity (Wildman–Crippen MR) is 139 cm³/mol. The Morgan fingerprint density at radius 1 is 1.11 bits per heavy atom. The van der Waals surface area contributed by atoms with Gasteiger partial charge in [0.15, 0.2) is 6.19 Å². The van der Waals surface area contributed by atoms with E-state index < -0.39 is 12.0 Å². The highest BCUT2D eigenvalue weighted by Crippen LogP contribution is 2.41. The molecule has 0 fully saturated rings. The van der Waals surface area contributed by atoms with Gasteiger partial charge in [0.05, 0.1) is 31.6 Å². The van der Waals surface area contributed by atoms with E-state index >= 15 is 0 Å². The van der Waals surface area contributed by atoms with E-state index in [1.54, 1.807) is 30.3 Å². The number of nitrogens with two attached hydrogens (primary N) is 2. The molecule has 0 bridgehead atoms. The average Bonchev–Trinajstić information content (AvgIpc) is 2.93. The zero-order chi connectivity index (χ0) is 27.1. The average molecular weight is 513 g/mol. The van der Waals surface area contributed by atoms with Crippen LogP contribution >= 0.6 is 0 Å². The molecule has 38 heavy (non-hydrogen) atoms. The second-order valence-corrected chi connectivity index (χ2v) is 8.04. The lowest BCUT2D eigenvalue weighted by atomic mass is 9.95. The Morgan fingerprint density at radius 2 is 1.84 bits per heavy atom. The number of aromatic nitrogens is 1. The summed E-state index contributed by atoms with van der Waals surface area (Å²) in [5.41, 5.74) is 14.0. The number of ether oxygens (including phenoxy) is 3. The third-order valence-corrected chi connectivity index (χ3v) is 5.63. The van der Waals surface area contributed by atoms with Gasteiger partial charge in [-0.3, -0.25) is 5.32 Å². The van der Waals surface area contributed by atoms with Gasteiger partial charge in [-0.25, -0.2) is 14.8 Å². The molecule has 0 radical (unpaired) electrons. The molecular weight excluding hydrogens is 488 g/mol. The van der Waals surface area contributed by atoms with Gasteiger partial charge < -0.3 is 31.0 Å². The molecular formula is C26H24N8O4. The molecule has 1 atom stereocenters. The Hall–Kier alpha value is -5.49. The van der Waals surface area contributed by atoms with E-state index in [4.69, 9.17) is 26.2 Å². The number of anilines is 3. The lowest BCUT2D eigenvalue weighted by Gasteiger charge is -2.26. The Labute approximate surface area is 218 Å². The van der Waals surface area contributed by atoms with Crippen molar-refractivity contribution in [3.63, 3.8) is 0 Å². The molecule has 0 saturated heterocycles. The molecule has 12 nitrogen and oxygen atoms in total. The maximum Gasteiger partial charge on any atom is 0.337 e. The van der Waals surface area contributed by atoms with Gasteiger partial charge in [0.25, 0.3) is 0 Å². The van der Waals surface area contributed by atoms with Crippen LogP contribution in [-0.2, 0) is 4.74 Å². The number of rotatable bonds is 8. The first-order valence-corrected chi connectivity index (χ1v) is 11.5. The number of esters is 1. The number of carbonyl (C=O) groups excluding carboxylic acids is 1. The summed E-state index contributed by atoms with van der Waals surface area (Å²) in [7, 11) is 1.33. The van der Waals surface area contributed by atoms with Crippen LogP contribution in [-0.4, -0.2) is 37.2 Å². The van der Waals surface area contributed by atoms with Gasteiger partial charge in [-0.15, -0.1) is 0 Å². The molecule has 6 N–H and O–H groups in total. The van der Waals surface area contributed by atoms with E-state index in [1.807, 2.05) is 30.5 Å². The van der Waals surface area contributed by atoms with E-state index in [2.05, 4.69) is 25.3 Å².